The van der Waals surface area contributed by atoms with E-state index in [1.54, 1.807) is 14.2 Å². The molecule has 1 atom stereocenters. The van der Waals surface area contributed by atoms with Crippen molar-refractivity contribution in [2.75, 3.05) is 20.8 Å². The van der Waals surface area contributed by atoms with Crippen LogP contribution in [-0.2, 0) is 11.3 Å². The first-order chi connectivity index (χ1) is 9.22. The molecule has 1 unspecified atom stereocenters. The van der Waals surface area contributed by atoms with E-state index in [4.69, 9.17) is 9.47 Å². The van der Waals surface area contributed by atoms with Crippen LogP contribution in [-0.4, -0.2) is 26.9 Å². The Hall–Kier alpha value is -1.58. The molecule has 0 spiro atoms. The normalized spacial score (nSPS) is 12.6. The molecule has 3 heteroatoms. The summed E-state index contributed by atoms with van der Waals surface area (Å²) in [6.45, 7) is 3.77. The number of hydrogen-bond acceptors (Lipinski definition) is 3. The SMILES string of the molecule is COc1ccc2cc(CNCC(C)OC)ccc2c1. The van der Waals surface area contributed by atoms with Crippen molar-refractivity contribution in [2.45, 2.75) is 19.6 Å². The molecule has 102 valence electrons. The van der Waals surface area contributed by atoms with E-state index >= 15 is 0 Å². The molecule has 0 bridgehead atoms. The van der Waals surface area contributed by atoms with Crippen LogP contribution in [0.25, 0.3) is 10.8 Å². The van der Waals surface area contributed by atoms with E-state index in [2.05, 4.69) is 42.6 Å². The van der Waals surface area contributed by atoms with Crippen LogP contribution in [0.4, 0.5) is 0 Å². The average Bonchev–Trinajstić information content (AvgIpc) is 2.46. The van der Waals surface area contributed by atoms with E-state index in [1.165, 1.54) is 16.3 Å². The number of benzene rings is 2. The van der Waals surface area contributed by atoms with Gasteiger partial charge in [0.1, 0.15) is 5.75 Å². The molecule has 2 aromatic rings. The number of nitrogens with one attached hydrogen (secondary N) is 1. The summed E-state index contributed by atoms with van der Waals surface area (Å²) in [5, 5.41) is 5.83. The lowest BCUT2D eigenvalue weighted by Crippen LogP contribution is -2.25. The Morgan fingerprint density at radius 3 is 2.53 bits per heavy atom. The van der Waals surface area contributed by atoms with Gasteiger partial charge in [0.25, 0.3) is 0 Å². The van der Waals surface area contributed by atoms with Gasteiger partial charge in [-0.25, -0.2) is 0 Å². The van der Waals surface area contributed by atoms with Crippen LogP contribution in [0.15, 0.2) is 36.4 Å². The molecule has 0 aromatic heterocycles. The second kappa shape index (κ2) is 6.55. The fraction of sp³-hybridized carbons (Fsp3) is 0.375. The van der Waals surface area contributed by atoms with Gasteiger partial charge in [-0.1, -0.05) is 18.2 Å². The number of ether oxygens (including phenoxy) is 2. The Bertz CT molecular complexity index is 539. The van der Waals surface area contributed by atoms with Crippen molar-refractivity contribution < 1.29 is 9.47 Å². The van der Waals surface area contributed by atoms with Crippen LogP contribution in [0.1, 0.15) is 12.5 Å². The molecule has 0 radical (unpaired) electrons. The van der Waals surface area contributed by atoms with Crippen LogP contribution >= 0.6 is 0 Å². The maximum absolute atomic E-state index is 5.23. The van der Waals surface area contributed by atoms with Gasteiger partial charge in [-0.2, -0.15) is 0 Å². The Morgan fingerprint density at radius 1 is 1.05 bits per heavy atom. The third kappa shape index (κ3) is 3.69. The molecule has 2 rings (SSSR count). The molecular weight excluding hydrogens is 238 g/mol. The molecule has 1 N–H and O–H groups in total. The Morgan fingerprint density at radius 2 is 1.79 bits per heavy atom. The predicted octanol–water partition coefficient (Wildman–Crippen LogP) is 2.97. The molecule has 0 aliphatic heterocycles. The second-order valence-corrected chi connectivity index (χ2v) is 4.72. The molecule has 2 aromatic carbocycles. The van der Waals surface area contributed by atoms with E-state index in [9.17, 15) is 0 Å². The van der Waals surface area contributed by atoms with Gasteiger partial charge in [-0.3, -0.25) is 0 Å². The molecule has 0 fully saturated rings. The average molecular weight is 259 g/mol. The predicted molar refractivity (Wildman–Crippen MR) is 78.7 cm³/mol. The lowest BCUT2D eigenvalue weighted by Gasteiger charge is -2.11. The van der Waals surface area contributed by atoms with Crippen LogP contribution < -0.4 is 10.1 Å². The zero-order chi connectivity index (χ0) is 13.7. The number of hydrogen-bond donors (Lipinski definition) is 1. The van der Waals surface area contributed by atoms with E-state index in [1.807, 2.05) is 6.07 Å². The quantitative estimate of drug-likeness (QED) is 0.865. The third-order valence-electron chi connectivity index (χ3n) is 3.28. The summed E-state index contributed by atoms with van der Waals surface area (Å²) in [6, 6.07) is 12.6. The van der Waals surface area contributed by atoms with Crippen molar-refractivity contribution in [3.05, 3.63) is 42.0 Å². The minimum Gasteiger partial charge on any atom is -0.497 e. The molecule has 19 heavy (non-hydrogen) atoms. The van der Waals surface area contributed by atoms with E-state index in [0.29, 0.717) is 0 Å². The maximum Gasteiger partial charge on any atom is 0.119 e. The molecule has 0 aliphatic rings. The molecular formula is C16H21NO2. The van der Waals surface area contributed by atoms with Crippen LogP contribution in [0.5, 0.6) is 5.75 Å². The molecule has 0 saturated carbocycles. The van der Waals surface area contributed by atoms with Gasteiger partial charge in [0.2, 0.25) is 0 Å². The van der Waals surface area contributed by atoms with Gasteiger partial charge in [0.05, 0.1) is 13.2 Å². The maximum atomic E-state index is 5.23. The first kappa shape index (κ1) is 13.8. The summed E-state index contributed by atoms with van der Waals surface area (Å²) in [7, 11) is 3.42. The molecule has 0 saturated heterocycles. The second-order valence-electron chi connectivity index (χ2n) is 4.72. The van der Waals surface area contributed by atoms with E-state index in [0.717, 1.165) is 18.8 Å². The summed E-state index contributed by atoms with van der Waals surface area (Å²) in [4.78, 5) is 0. The lowest BCUT2D eigenvalue weighted by molar-refractivity contribution is 0.117. The zero-order valence-corrected chi connectivity index (χ0v) is 11.8. The van der Waals surface area contributed by atoms with Crippen LogP contribution in [0, 0.1) is 0 Å². The van der Waals surface area contributed by atoms with Gasteiger partial charge in [-0.05, 0) is 41.5 Å². The molecule has 0 amide bonds. The van der Waals surface area contributed by atoms with Crippen LogP contribution in [0.2, 0.25) is 0 Å². The van der Waals surface area contributed by atoms with Crippen LogP contribution in [0.3, 0.4) is 0 Å². The van der Waals surface area contributed by atoms with Crippen molar-refractivity contribution in [3.8, 4) is 5.75 Å². The smallest absolute Gasteiger partial charge is 0.119 e. The minimum absolute atomic E-state index is 0.240. The van der Waals surface area contributed by atoms with Gasteiger partial charge in [0.15, 0.2) is 0 Å². The fourth-order valence-corrected chi connectivity index (χ4v) is 2.01. The summed E-state index contributed by atoms with van der Waals surface area (Å²) in [5.41, 5.74) is 1.28. The van der Waals surface area contributed by atoms with Gasteiger partial charge < -0.3 is 14.8 Å². The number of methoxy groups -OCH3 is 2. The van der Waals surface area contributed by atoms with Gasteiger partial charge in [-0.15, -0.1) is 0 Å². The highest BCUT2D eigenvalue weighted by Gasteiger charge is 2.01. The lowest BCUT2D eigenvalue weighted by atomic mass is 10.1. The summed E-state index contributed by atoms with van der Waals surface area (Å²) in [5.74, 6) is 0.896. The summed E-state index contributed by atoms with van der Waals surface area (Å²) in [6.07, 6.45) is 0.240. The zero-order valence-electron chi connectivity index (χ0n) is 11.8. The minimum atomic E-state index is 0.240. The Balaban J connectivity index is 2.05. The number of rotatable bonds is 6. The van der Waals surface area contributed by atoms with Crippen molar-refractivity contribution >= 4 is 10.8 Å². The topological polar surface area (TPSA) is 30.5 Å². The highest BCUT2D eigenvalue weighted by atomic mass is 16.5. The largest absolute Gasteiger partial charge is 0.497 e. The Labute approximate surface area is 114 Å². The van der Waals surface area contributed by atoms with Crippen molar-refractivity contribution in [1.29, 1.82) is 0 Å². The highest BCUT2D eigenvalue weighted by Crippen LogP contribution is 2.21. The van der Waals surface area contributed by atoms with E-state index < -0.39 is 0 Å². The molecule has 0 heterocycles. The summed E-state index contributed by atoms with van der Waals surface area (Å²) >= 11 is 0. The molecule has 3 nitrogen and oxygen atoms in total. The molecule has 0 aliphatic carbocycles. The Kier molecular flexibility index (Phi) is 4.77. The fourth-order valence-electron chi connectivity index (χ4n) is 2.01. The van der Waals surface area contributed by atoms with E-state index in [-0.39, 0.29) is 6.10 Å². The third-order valence-corrected chi connectivity index (χ3v) is 3.28. The monoisotopic (exact) mass is 259 g/mol. The van der Waals surface area contributed by atoms with Crippen molar-refractivity contribution in [1.82, 2.24) is 5.32 Å². The van der Waals surface area contributed by atoms with Crippen molar-refractivity contribution in [2.24, 2.45) is 0 Å². The summed E-state index contributed by atoms with van der Waals surface area (Å²) < 4.78 is 10.4. The first-order valence-corrected chi connectivity index (χ1v) is 6.53. The van der Waals surface area contributed by atoms with Gasteiger partial charge in [0, 0.05) is 20.2 Å². The van der Waals surface area contributed by atoms with Crippen molar-refractivity contribution in [3.63, 3.8) is 0 Å². The standard InChI is InChI=1S/C16H21NO2/c1-12(18-2)10-17-11-13-4-5-15-9-16(19-3)7-6-14(15)8-13/h4-9,12,17H,10-11H2,1-3H3. The van der Waals surface area contributed by atoms with Gasteiger partial charge >= 0.3 is 0 Å². The highest BCUT2D eigenvalue weighted by molar-refractivity contribution is 5.84. The number of fused-ring (bicyclic) bond motifs is 1. The first-order valence-electron chi connectivity index (χ1n) is 6.53.